The third-order valence-corrected chi connectivity index (χ3v) is 2.94. The van der Waals surface area contributed by atoms with Crippen molar-refractivity contribution >= 4 is 17.6 Å². The molecule has 0 aliphatic carbocycles. The molecule has 2 rings (SSSR count). The first-order valence-corrected chi connectivity index (χ1v) is 5.56. The molecular formula is C12H13FN2O3. The molecule has 1 aromatic carbocycles. The van der Waals surface area contributed by atoms with E-state index in [1.54, 1.807) is 6.07 Å². The van der Waals surface area contributed by atoms with Crippen LogP contribution in [0.15, 0.2) is 18.2 Å². The highest BCUT2D eigenvalue weighted by atomic mass is 19.1. The SMILES string of the molecule is NC(CN1C(=O)CCc2ccc(F)cc21)C(=O)O. The number of amides is 1. The molecule has 0 saturated heterocycles. The van der Waals surface area contributed by atoms with Crippen molar-refractivity contribution in [3.8, 4) is 0 Å². The summed E-state index contributed by atoms with van der Waals surface area (Å²) >= 11 is 0. The lowest BCUT2D eigenvalue weighted by atomic mass is 10.0. The molecule has 1 atom stereocenters. The number of aliphatic carboxylic acids is 1. The Bertz CT molecular complexity index is 504. The Labute approximate surface area is 103 Å². The number of nitrogens with zero attached hydrogens (tertiary/aromatic N) is 1. The lowest BCUT2D eigenvalue weighted by Crippen LogP contribution is -2.47. The lowest BCUT2D eigenvalue weighted by molar-refractivity contribution is -0.138. The van der Waals surface area contributed by atoms with E-state index < -0.39 is 17.8 Å². The maximum atomic E-state index is 13.2. The minimum absolute atomic E-state index is 0.148. The first-order chi connectivity index (χ1) is 8.49. The maximum Gasteiger partial charge on any atom is 0.322 e. The molecule has 1 amide bonds. The fourth-order valence-corrected chi connectivity index (χ4v) is 1.99. The average Bonchev–Trinajstić information content (AvgIpc) is 2.32. The van der Waals surface area contributed by atoms with Gasteiger partial charge in [0.2, 0.25) is 5.91 Å². The number of halogens is 1. The van der Waals surface area contributed by atoms with E-state index in [0.29, 0.717) is 12.1 Å². The summed E-state index contributed by atoms with van der Waals surface area (Å²) in [4.78, 5) is 23.8. The van der Waals surface area contributed by atoms with Gasteiger partial charge in [0, 0.05) is 12.1 Å². The quantitative estimate of drug-likeness (QED) is 0.821. The Kier molecular flexibility index (Phi) is 3.29. The number of benzene rings is 1. The molecule has 1 aliphatic heterocycles. The van der Waals surface area contributed by atoms with Gasteiger partial charge in [-0.1, -0.05) is 6.07 Å². The van der Waals surface area contributed by atoms with Crippen LogP contribution in [0.2, 0.25) is 0 Å². The van der Waals surface area contributed by atoms with Crippen molar-refractivity contribution in [2.75, 3.05) is 11.4 Å². The lowest BCUT2D eigenvalue weighted by Gasteiger charge is -2.30. The molecular weight excluding hydrogens is 239 g/mol. The van der Waals surface area contributed by atoms with Crippen LogP contribution in [0.25, 0.3) is 0 Å². The van der Waals surface area contributed by atoms with Crippen LogP contribution in [-0.4, -0.2) is 29.6 Å². The second-order valence-corrected chi connectivity index (χ2v) is 4.22. The smallest absolute Gasteiger partial charge is 0.322 e. The van der Waals surface area contributed by atoms with Gasteiger partial charge in [-0.15, -0.1) is 0 Å². The number of rotatable bonds is 3. The van der Waals surface area contributed by atoms with E-state index in [9.17, 15) is 14.0 Å². The third kappa shape index (κ3) is 2.33. The molecule has 0 radical (unpaired) electrons. The molecule has 3 N–H and O–H groups in total. The van der Waals surface area contributed by atoms with Crippen LogP contribution in [0.1, 0.15) is 12.0 Å². The normalized spacial score (nSPS) is 16.3. The first kappa shape index (κ1) is 12.5. The van der Waals surface area contributed by atoms with Crippen molar-refractivity contribution in [1.82, 2.24) is 0 Å². The van der Waals surface area contributed by atoms with Gasteiger partial charge in [-0.3, -0.25) is 9.59 Å². The standard InChI is InChI=1S/C12H13FN2O3/c13-8-3-1-7-2-4-11(16)15(10(7)5-8)6-9(14)12(17)18/h1,3,5,9H,2,4,6,14H2,(H,17,18). The van der Waals surface area contributed by atoms with Gasteiger partial charge < -0.3 is 15.7 Å². The van der Waals surface area contributed by atoms with Gasteiger partial charge in [-0.2, -0.15) is 0 Å². The van der Waals surface area contributed by atoms with Crippen LogP contribution in [0.5, 0.6) is 0 Å². The number of hydrogen-bond donors (Lipinski definition) is 2. The minimum atomic E-state index is -1.19. The number of carboxylic acid groups (broad SMARTS) is 1. The Morgan fingerprint density at radius 2 is 2.22 bits per heavy atom. The number of aryl methyl sites for hydroxylation is 1. The predicted octanol–water partition coefficient (Wildman–Crippen LogP) is 0.517. The highest BCUT2D eigenvalue weighted by Gasteiger charge is 2.27. The van der Waals surface area contributed by atoms with Crippen LogP contribution in [-0.2, 0) is 16.0 Å². The monoisotopic (exact) mass is 252 g/mol. The zero-order valence-corrected chi connectivity index (χ0v) is 9.60. The van der Waals surface area contributed by atoms with Gasteiger partial charge in [0.15, 0.2) is 0 Å². The van der Waals surface area contributed by atoms with Gasteiger partial charge in [0.25, 0.3) is 0 Å². The van der Waals surface area contributed by atoms with Crippen molar-refractivity contribution in [1.29, 1.82) is 0 Å². The molecule has 1 heterocycles. The van der Waals surface area contributed by atoms with Gasteiger partial charge in [0.05, 0.1) is 6.54 Å². The largest absolute Gasteiger partial charge is 0.480 e. The zero-order chi connectivity index (χ0) is 13.3. The van der Waals surface area contributed by atoms with Gasteiger partial charge >= 0.3 is 5.97 Å². The van der Waals surface area contributed by atoms with Gasteiger partial charge in [0.1, 0.15) is 11.9 Å². The Morgan fingerprint density at radius 3 is 2.89 bits per heavy atom. The second kappa shape index (κ2) is 4.73. The molecule has 1 unspecified atom stereocenters. The topological polar surface area (TPSA) is 83.6 Å². The molecule has 1 aliphatic rings. The Morgan fingerprint density at radius 1 is 1.50 bits per heavy atom. The number of nitrogens with two attached hydrogens (primary N) is 1. The molecule has 96 valence electrons. The molecule has 0 spiro atoms. The second-order valence-electron chi connectivity index (χ2n) is 4.22. The van der Waals surface area contributed by atoms with E-state index in [2.05, 4.69) is 0 Å². The van der Waals surface area contributed by atoms with Crippen LogP contribution in [0, 0.1) is 5.82 Å². The predicted molar refractivity (Wildman–Crippen MR) is 62.7 cm³/mol. The summed E-state index contributed by atoms with van der Waals surface area (Å²) in [5, 5.41) is 8.76. The van der Waals surface area contributed by atoms with Crippen molar-refractivity contribution in [2.45, 2.75) is 18.9 Å². The van der Waals surface area contributed by atoms with E-state index in [0.717, 1.165) is 5.56 Å². The van der Waals surface area contributed by atoms with Crippen LogP contribution in [0.3, 0.4) is 0 Å². The Hall–Kier alpha value is -1.95. The molecule has 0 bridgehead atoms. The van der Waals surface area contributed by atoms with Crippen LogP contribution < -0.4 is 10.6 Å². The third-order valence-electron chi connectivity index (χ3n) is 2.94. The molecule has 5 nitrogen and oxygen atoms in total. The number of hydrogen-bond acceptors (Lipinski definition) is 3. The maximum absolute atomic E-state index is 13.2. The minimum Gasteiger partial charge on any atom is -0.480 e. The first-order valence-electron chi connectivity index (χ1n) is 5.56. The number of carbonyl (C=O) groups is 2. The number of fused-ring (bicyclic) bond motifs is 1. The zero-order valence-electron chi connectivity index (χ0n) is 9.60. The summed E-state index contributed by atoms with van der Waals surface area (Å²) in [6.45, 7) is -0.148. The highest BCUT2D eigenvalue weighted by Crippen LogP contribution is 2.28. The fourth-order valence-electron chi connectivity index (χ4n) is 1.99. The summed E-state index contributed by atoms with van der Waals surface area (Å²) in [5.41, 5.74) is 6.66. The number of carbonyl (C=O) groups excluding carboxylic acids is 1. The molecule has 0 saturated carbocycles. The molecule has 1 aromatic rings. The Balaban J connectivity index is 2.32. The summed E-state index contributed by atoms with van der Waals surface area (Å²) < 4.78 is 13.2. The van der Waals surface area contributed by atoms with Crippen molar-refractivity contribution < 1.29 is 19.1 Å². The molecule has 0 aromatic heterocycles. The highest BCUT2D eigenvalue weighted by molar-refractivity contribution is 5.97. The van der Waals surface area contributed by atoms with Gasteiger partial charge in [-0.05, 0) is 24.1 Å². The van der Waals surface area contributed by atoms with Crippen molar-refractivity contribution in [2.24, 2.45) is 5.73 Å². The fraction of sp³-hybridized carbons (Fsp3) is 0.333. The number of anilines is 1. The van der Waals surface area contributed by atoms with E-state index >= 15 is 0 Å². The van der Waals surface area contributed by atoms with Crippen LogP contribution in [0.4, 0.5) is 10.1 Å². The van der Waals surface area contributed by atoms with E-state index in [-0.39, 0.29) is 18.9 Å². The molecule has 6 heteroatoms. The van der Waals surface area contributed by atoms with Gasteiger partial charge in [-0.25, -0.2) is 4.39 Å². The average molecular weight is 252 g/mol. The van der Waals surface area contributed by atoms with Crippen molar-refractivity contribution in [3.63, 3.8) is 0 Å². The number of carboxylic acids is 1. The molecule has 0 fully saturated rings. The van der Waals surface area contributed by atoms with E-state index in [1.807, 2.05) is 0 Å². The summed E-state index contributed by atoms with van der Waals surface area (Å²) in [6.07, 6.45) is 0.818. The summed E-state index contributed by atoms with van der Waals surface area (Å²) in [6, 6.07) is 2.99. The summed E-state index contributed by atoms with van der Waals surface area (Å²) in [5.74, 6) is -1.88. The molecule has 18 heavy (non-hydrogen) atoms. The summed E-state index contributed by atoms with van der Waals surface area (Å²) in [7, 11) is 0. The van der Waals surface area contributed by atoms with E-state index in [1.165, 1.54) is 17.0 Å². The van der Waals surface area contributed by atoms with E-state index in [4.69, 9.17) is 10.8 Å². The van der Waals surface area contributed by atoms with Crippen LogP contribution >= 0.6 is 0 Å². The van der Waals surface area contributed by atoms with Crippen molar-refractivity contribution in [3.05, 3.63) is 29.6 Å².